The number of alkyl halides is 1. The second kappa shape index (κ2) is 21.7. The summed E-state index contributed by atoms with van der Waals surface area (Å²) in [5.41, 5.74) is 2.16. The van der Waals surface area contributed by atoms with Gasteiger partial charge in [0.05, 0.1) is 6.61 Å². The van der Waals surface area contributed by atoms with Gasteiger partial charge in [0.25, 0.3) is 0 Å². The van der Waals surface area contributed by atoms with Crippen LogP contribution in [-0.2, 0) is 4.79 Å². The van der Waals surface area contributed by atoms with E-state index >= 15 is 0 Å². The number of hydrogen-bond acceptors (Lipinski definition) is 3. The Kier molecular flexibility index (Phi) is 18.6. The van der Waals surface area contributed by atoms with Crippen LogP contribution in [0.2, 0.25) is 0 Å². The lowest BCUT2D eigenvalue weighted by Crippen LogP contribution is -2.26. The number of halogens is 1. The van der Waals surface area contributed by atoms with Crippen LogP contribution in [0.1, 0.15) is 130 Å². The van der Waals surface area contributed by atoms with Crippen LogP contribution >= 0.6 is 11.6 Å². The molecule has 2 rings (SSSR count). The lowest BCUT2D eigenvalue weighted by molar-refractivity contribution is -0.134. The lowest BCUT2D eigenvalue weighted by atomic mass is 10.0. The predicted molar refractivity (Wildman–Crippen MR) is 172 cm³/mol. The number of carbonyl (C=O) groups excluding carboxylic acids is 1. The van der Waals surface area contributed by atoms with E-state index in [2.05, 4.69) is 19.1 Å². The van der Waals surface area contributed by atoms with Gasteiger partial charge in [-0.25, -0.2) is 0 Å². The van der Waals surface area contributed by atoms with Crippen molar-refractivity contribution >= 4 is 17.6 Å². The zero-order valence-electron chi connectivity index (χ0n) is 25.6. The van der Waals surface area contributed by atoms with Gasteiger partial charge >= 0.3 is 5.97 Å². The van der Waals surface area contributed by atoms with Crippen molar-refractivity contribution in [1.82, 2.24) is 0 Å². The molecule has 2 aromatic carbocycles. The molecule has 2 atom stereocenters. The molecule has 0 aliphatic carbocycles. The number of esters is 1. The van der Waals surface area contributed by atoms with Crippen molar-refractivity contribution in [2.24, 2.45) is 5.92 Å². The van der Waals surface area contributed by atoms with Crippen LogP contribution in [0.25, 0.3) is 11.1 Å². The van der Waals surface area contributed by atoms with E-state index in [-0.39, 0.29) is 5.92 Å². The molecule has 0 aromatic heterocycles. The first-order chi connectivity index (χ1) is 19.5. The monoisotopic (exact) mass is 570 g/mol. The van der Waals surface area contributed by atoms with E-state index in [1.165, 1.54) is 96.3 Å². The zero-order chi connectivity index (χ0) is 28.8. The van der Waals surface area contributed by atoms with Crippen LogP contribution < -0.4 is 9.47 Å². The molecule has 0 aliphatic rings. The first-order valence-corrected chi connectivity index (χ1v) is 16.7. The Morgan fingerprint density at radius 2 is 1.02 bits per heavy atom. The van der Waals surface area contributed by atoms with Crippen LogP contribution in [0, 0.1) is 5.92 Å². The molecule has 0 radical (unpaired) electrons. The Morgan fingerprint density at radius 1 is 0.625 bits per heavy atom. The molecule has 0 fully saturated rings. The van der Waals surface area contributed by atoms with Crippen molar-refractivity contribution in [1.29, 1.82) is 0 Å². The molecule has 0 saturated carbocycles. The summed E-state index contributed by atoms with van der Waals surface area (Å²) in [5, 5.41) is -0.628. The van der Waals surface area contributed by atoms with E-state index < -0.39 is 11.3 Å². The molecular weight excluding hydrogens is 516 g/mol. The second-order valence-corrected chi connectivity index (χ2v) is 11.9. The van der Waals surface area contributed by atoms with E-state index in [1.807, 2.05) is 50.2 Å². The minimum Gasteiger partial charge on any atom is -0.494 e. The molecule has 3 nitrogen and oxygen atoms in total. The molecule has 224 valence electrons. The summed E-state index contributed by atoms with van der Waals surface area (Å²) in [4.78, 5) is 12.2. The third-order valence-corrected chi connectivity index (χ3v) is 8.50. The average molecular weight is 571 g/mol. The van der Waals surface area contributed by atoms with Crippen molar-refractivity contribution < 1.29 is 14.3 Å². The molecule has 0 amide bonds. The van der Waals surface area contributed by atoms with E-state index in [9.17, 15) is 4.79 Å². The van der Waals surface area contributed by atoms with Crippen molar-refractivity contribution in [3.63, 3.8) is 0 Å². The number of benzene rings is 2. The largest absolute Gasteiger partial charge is 0.494 e. The quantitative estimate of drug-likeness (QED) is 0.0576. The fourth-order valence-corrected chi connectivity index (χ4v) is 5.13. The van der Waals surface area contributed by atoms with E-state index in [4.69, 9.17) is 21.1 Å². The molecule has 40 heavy (non-hydrogen) atoms. The van der Waals surface area contributed by atoms with E-state index in [0.29, 0.717) is 5.75 Å². The second-order valence-electron chi connectivity index (χ2n) is 11.4. The minimum absolute atomic E-state index is 0.0817. The summed E-state index contributed by atoms with van der Waals surface area (Å²) in [6.45, 7) is 7.03. The Bertz CT molecular complexity index is 893. The molecule has 4 heteroatoms. The summed E-state index contributed by atoms with van der Waals surface area (Å²) < 4.78 is 11.4. The minimum atomic E-state index is -0.628. The third kappa shape index (κ3) is 14.6. The van der Waals surface area contributed by atoms with Crippen molar-refractivity contribution in [3.05, 3.63) is 48.5 Å². The highest BCUT2D eigenvalue weighted by atomic mass is 35.5. The molecule has 2 aromatic rings. The fraction of sp³-hybridized carbons (Fsp3) is 0.639. The van der Waals surface area contributed by atoms with Crippen molar-refractivity contribution in [2.45, 2.75) is 135 Å². The van der Waals surface area contributed by atoms with Gasteiger partial charge in [-0.2, -0.15) is 0 Å². The Labute approximate surface area is 250 Å². The summed E-state index contributed by atoms with van der Waals surface area (Å²) in [7, 11) is 0. The first kappa shape index (κ1) is 34.2. The normalized spacial score (nSPS) is 12.7. The van der Waals surface area contributed by atoms with Gasteiger partial charge in [-0.1, -0.05) is 148 Å². The van der Waals surface area contributed by atoms with Crippen molar-refractivity contribution in [3.8, 4) is 22.6 Å². The highest BCUT2D eigenvalue weighted by molar-refractivity contribution is 6.30. The first-order valence-electron chi connectivity index (χ1n) is 16.2. The summed E-state index contributed by atoms with van der Waals surface area (Å²) in [6.07, 6.45) is 22.9. The molecule has 0 N–H and O–H groups in total. The highest BCUT2D eigenvalue weighted by Gasteiger charge is 2.23. The Hall–Kier alpha value is -2.00. The van der Waals surface area contributed by atoms with Gasteiger partial charge in [0, 0.05) is 0 Å². The lowest BCUT2D eigenvalue weighted by Gasteiger charge is -2.15. The number of rotatable bonds is 23. The number of carbonyl (C=O) groups is 1. The maximum atomic E-state index is 12.2. The maximum absolute atomic E-state index is 12.2. The predicted octanol–water partition coefficient (Wildman–Crippen LogP) is 11.6. The summed E-state index contributed by atoms with van der Waals surface area (Å²) in [5.74, 6) is 1.11. The number of ether oxygens (including phenoxy) is 2. The van der Waals surface area contributed by atoms with Gasteiger partial charge in [0.1, 0.15) is 16.9 Å². The fourth-order valence-electron chi connectivity index (χ4n) is 4.91. The van der Waals surface area contributed by atoms with Gasteiger partial charge in [0.2, 0.25) is 0 Å². The number of hydrogen-bond donors (Lipinski definition) is 0. The van der Waals surface area contributed by atoms with Crippen LogP contribution in [-0.4, -0.2) is 18.0 Å². The zero-order valence-corrected chi connectivity index (χ0v) is 26.4. The molecule has 0 aliphatic heterocycles. The summed E-state index contributed by atoms with van der Waals surface area (Å²) in [6, 6.07) is 15.7. The summed E-state index contributed by atoms with van der Waals surface area (Å²) >= 11 is 6.20. The smallest absolute Gasteiger partial charge is 0.329 e. The maximum Gasteiger partial charge on any atom is 0.329 e. The van der Waals surface area contributed by atoms with Gasteiger partial charge in [-0.15, -0.1) is 11.6 Å². The molecule has 0 spiro atoms. The SMILES string of the molecule is CCCCCCCCCCCCCCCCCCOc1ccc(-c2ccc(OC(=O)C(Cl)C(C)CC)cc2)cc1. The van der Waals surface area contributed by atoms with E-state index in [0.717, 1.165) is 36.3 Å². The van der Waals surface area contributed by atoms with E-state index in [1.54, 1.807) is 0 Å². The van der Waals surface area contributed by atoms with Gasteiger partial charge in [0.15, 0.2) is 0 Å². The topological polar surface area (TPSA) is 35.5 Å². The van der Waals surface area contributed by atoms with Gasteiger partial charge in [-0.3, -0.25) is 4.79 Å². The van der Waals surface area contributed by atoms with Crippen LogP contribution in [0.5, 0.6) is 11.5 Å². The van der Waals surface area contributed by atoms with Crippen LogP contribution in [0.15, 0.2) is 48.5 Å². The Morgan fingerprint density at radius 3 is 1.45 bits per heavy atom. The number of unbranched alkanes of at least 4 members (excludes halogenated alkanes) is 15. The molecule has 2 unspecified atom stereocenters. The molecule has 0 bridgehead atoms. The molecule has 0 saturated heterocycles. The van der Waals surface area contributed by atoms with Gasteiger partial charge in [-0.05, 0) is 47.7 Å². The third-order valence-electron chi connectivity index (χ3n) is 7.90. The van der Waals surface area contributed by atoms with Crippen LogP contribution in [0.4, 0.5) is 0 Å². The molecule has 0 heterocycles. The molecular formula is C36H55ClO3. The average Bonchev–Trinajstić information content (AvgIpc) is 2.98. The standard InChI is InChI=1S/C36H55ClO3/c1-4-6-7-8-9-10-11-12-13-14-15-16-17-18-19-20-29-39-33-25-21-31(22-26-33)32-23-27-34(28-24-32)40-36(38)35(37)30(3)5-2/h21-28,30,35H,4-20,29H2,1-3H3. The van der Waals surface area contributed by atoms with Crippen molar-refractivity contribution in [2.75, 3.05) is 6.61 Å². The van der Waals surface area contributed by atoms with Gasteiger partial charge < -0.3 is 9.47 Å². The Balaban J connectivity index is 1.50. The highest BCUT2D eigenvalue weighted by Crippen LogP contribution is 2.26. The van der Waals surface area contributed by atoms with Crippen LogP contribution in [0.3, 0.4) is 0 Å².